The zero-order chi connectivity index (χ0) is 42.1. The molecule has 0 unspecified atom stereocenters. The first-order chi connectivity index (χ1) is 26.9. The molecule has 19 heteroatoms. The summed E-state index contributed by atoms with van der Waals surface area (Å²) in [5, 5.41) is 13.9. The number of nitrogens with one attached hydrogen (secondary N) is 7. The number of hydroxylamine groups is 2. The lowest BCUT2D eigenvalue weighted by Crippen LogP contribution is -2.55. The topological polar surface area (TPSA) is 232 Å². The molecule has 0 saturated heterocycles. The summed E-state index contributed by atoms with van der Waals surface area (Å²) in [7, 11) is 4.63. The van der Waals surface area contributed by atoms with Crippen molar-refractivity contribution in [2.45, 2.75) is 117 Å². The summed E-state index contributed by atoms with van der Waals surface area (Å²) in [6, 6.07) is -2.05. The second-order valence-electron chi connectivity index (χ2n) is 13.2. The van der Waals surface area contributed by atoms with E-state index in [1.54, 1.807) is 16.8 Å². The highest BCUT2D eigenvalue weighted by Crippen LogP contribution is 2.11. The lowest BCUT2D eigenvalue weighted by molar-refractivity contribution is -0.143. The van der Waals surface area contributed by atoms with Gasteiger partial charge in [-0.3, -0.25) is 24.0 Å². The van der Waals surface area contributed by atoms with E-state index in [4.69, 9.17) is 9.68 Å². The third kappa shape index (κ3) is 23.6. The molecular weight excluding hydrogens is 728 g/mol. The number of carbonyl (C=O) groups excluding carboxylic acids is 7. The minimum atomic E-state index is -1.10. The molecule has 0 spiro atoms. The Labute approximate surface area is 333 Å². The van der Waals surface area contributed by atoms with Crippen molar-refractivity contribution in [3.05, 3.63) is 0 Å². The Kier molecular flexibility index (Phi) is 30.5. The fourth-order valence-electron chi connectivity index (χ4n) is 5.46. The molecule has 324 valence electrons. The Bertz CT molecular complexity index is 1160. The van der Waals surface area contributed by atoms with Gasteiger partial charge in [-0.05, 0) is 79.7 Å². The summed E-state index contributed by atoms with van der Waals surface area (Å²) in [6.45, 7) is 11.8. The SMILES string of the molecule is CCN(CC)C(=O)ONCCCCCC(=O)NCCCC[C@H](NC(=O)CCCCCNOC(=O)N(CC)CC)C(=O)N(C)[C@@H](CC(=O)NC)C(=O)NCCNC. The maximum Gasteiger partial charge on any atom is 0.428 e. The van der Waals surface area contributed by atoms with Gasteiger partial charge in [0.15, 0.2) is 0 Å². The van der Waals surface area contributed by atoms with E-state index in [2.05, 4.69) is 37.5 Å². The van der Waals surface area contributed by atoms with Crippen LogP contribution < -0.4 is 37.5 Å². The van der Waals surface area contributed by atoms with Gasteiger partial charge >= 0.3 is 12.2 Å². The van der Waals surface area contributed by atoms with Crippen LogP contribution in [0.3, 0.4) is 0 Å². The molecule has 0 aliphatic carbocycles. The van der Waals surface area contributed by atoms with Crippen LogP contribution in [0.1, 0.15) is 105 Å². The largest absolute Gasteiger partial charge is 0.428 e. The standard InChI is InChI=1S/C37H72N10O9/c1-8-46(9-2)36(53)55-42-24-17-12-14-21-31(48)40-23-19-16-20-29(35(52)45(7)30(28-33(50)39-6)34(51)41-27-26-38-5)44-32(49)22-15-13-18-25-43-56-37(54)47(10-3)11-4/h29-30,38,42-43H,8-28H2,1-7H3,(H,39,50)(H,40,48)(H,41,51)(H,44,49)/t29-,30-/m0/s1. The highest BCUT2D eigenvalue weighted by Gasteiger charge is 2.33. The normalized spacial score (nSPS) is 11.8. The highest BCUT2D eigenvalue weighted by atomic mass is 16.7. The Morgan fingerprint density at radius 1 is 0.571 bits per heavy atom. The predicted octanol–water partition coefficient (Wildman–Crippen LogP) is 1.14. The van der Waals surface area contributed by atoms with Crippen molar-refractivity contribution >= 4 is 41.7 Å². The van der Waals surface area contributed by atoms with Crippen LogP contribution in [0.25, 0.3) is 0 Å². The Hall–Kier alpha value is -4.23. The number of carbonyl (C=O) groups is 7. The summed E-state index contributed by atoms with van der Waals surface area (Å²) in [4.78, 5) is 103. The number of likely N-dealkylation sites (N-methyl/N-ethyl adjacent to an activating group) is 2. The van der Waals surface area contributed by atoms with Crippen molar-refractivity contribution in [1.29, 1.82) is 0 Å². The summed E-state index contributed by atoms with van der Waals surface area (Å²) in [5.74, 6) is -1.83. The first-order valence-corrected chi connectivity index (χ1v) is 20.2. The molecule has 0 radical (unpaired) electrons. The van der Waals surface area contributed by atoms with E-state index in [1.807, 2.05) is 27.7 Å². The molecule has 0 saturated carbocycles. The molecule has 0 heterocycles. The average Bonchev–Trinajstić information content (AvgIpc) is 3.18. The smallest absolute Gasteiger partial charge is 0.359 e. The number of nitrogens with zero attached hydrogens (tertiary/aromatic N) is 3. The molecule has 0 aliphatic rings. The molecular formula is C37H72N10O9. The van der Waals surface area contributed by atoms with E-state index < -0.39 is 42.0 Å². The van der Waals surface area contributed by atoms with Gasteiger partial charge in [0, 0.05) is 85.8 Å². The third-order valence-electron chi connectivity index (χ3n) is 9.05. The fourth-order valence-corrected chi connectivity index (χ4v) is 5.46. The third-order valence-corrected chi connectivity index (χ3v) is 9.05. The minimum Gasteiger partial charge on any atom is -0.359 e. The second kappa shape index (κ2) is 33.0. The average molecular weight is 801 g/mol. The Morgan fingerprint density at radius 3 is 1.59 bits per heavy atom. The Balaban J connectivity index is 5.08. The lowest BCUT2D eigenvalue weighted by atomic mass is 10.0. The first kappa shape index (κ1) is 51.8. The summed E-state index contributed by atoms with van der Waals surface area (Å²) >= 11 is 0. The van der Waals surface area contributed by atoms with Crippen molar-refractivity contribution in [3.63, 3.8) is 0 Å². The summed E-state index contributed by atoms with van der Waals surface area (Å²) in [6.07, 6.45) is 4.75. The van der Waals surface area contributed by atoms with Gasteiger partial charge in [0.2, 0.25) is 29.5 Å². The summed E-state index contributed by atoms with van der Waals surface area (Å²) < 4.78 is 0. The van der Waals surface area contributed by atoms with Gasteiger partial charge in [0.25, 0.3) is 0 Å². The molecule has 0 aliphatic heterocycles. The maximum atomic E-state index is 13.8. The van der Waals surface area contributed by atoms with Crippen LogP contribution in [0, 0.1) is 0 Å². The van der Waals surface area contributed by atoms with Crippen molar-refractivity contribution in [2.24, 2.45) is 0 Å². The van der Waals surface area contributed by atoms with Gasteiger partial charge in [-0.2, -0.15) is 11.0 Å². The van der Waals surface area contributed by atoms with Crippen molar-refractivity contribution < 1.29 is 43.2 Å². The number of hydrogen-bond acceptors (Lipinski definition) is 12. The molecule has 0 bridgehead atoms. The first-order valence-electron chi connectivity index (χ1n) is 20.2. The molecule has 0 aromatic heterocycles. The highest BCUT2D eigenvalue weighted by molar-refractivity contribution is 5.94. The van der Waals surface area contributed by atoms with E-state index in [9.17, 15) is 33.6 Å². The van der Waals surface area contributed by atoms with Crippen LogP contribution in [0.4, 0.5) is 9.59 Å². The van der Waals surface area contributed by atoms with Crippen LogP contribution in [0.5, 0.6) is 0 Å². The van der Waals surface area contributed by atoms with E-state index >= 15 is 0 Å². The van der Waals surface area contributed by atoms with Crippen LogP contribution in [-0.2, 0) is 33.6 Å². The molecule has 56 heavy (non-hydrogen) atoms. The Morgan fingerprint density at radius 2 is 1.09 bits per heavy atom. The number of unbranched alkanes of at least 4 members (excludes halogenated alkanes) is 5. The summed E-state index contributed by atoms with van der Waals surface area (Å²) in [5.41, 5.74) is 5.32. The molecule has 0 fully saturated rings. The van der Waals surface area contributed by atoms with E-state index in [0.29, 0.717) is 104 Å². The number of rotatable bonds is 32. The zero-order valence-electron chi connectivity index (χ0n) is 35.0. The van der Waals surface area contributed by atoms with Gasteiger partial charge in [-0.25, -0.2) is 9.59 Å². The fraction of sp³-hybridized carbons (Fsp3) is 0.811. The number of hydrogen-bond donors (Lipinski definition) is 7. The van der Waals surface area contributed by atoms with Gasteiger partial charge in [0.05, 0.1) is 6.42 Å². The van der Waals surface area contributed by atoms with Gasteiger partial charge in [-0.15, -0.1) is 0 Å². The predicted molar refractivity (Wildman–Crippen MR) is 213 cm³/mol. The van der Waals surface area contributed by atoms with Crippen LogP contribution in [0.2, 0.25) is 0 Å². The lowest BCUT2D eigenvalue weighted by Gasteiger charge is -2.30. The van der Waals surface area contributed by atoms with Crippen molar-refractivity contribution in [2.75, 3.05) is 80.0 Å². The molecule has 2 atom stereocenters. The van der Waals surface area contributed by atoms with Gasteiger partial charge < -0.3 is 51.0 Å². The zero-order valence-corrected chi connectivity index (χ0v) is 35.0. The monoisotopic (exact) mass is 801 g/mol. The molecule has 0 rings (SSSR count). The van der Waals surface area contributed by atoms with Crippen molar-refractivity contribution in [3.8, 4) is 0 Å². The quantitative estimate of drug-likeness (QED) is 0.0375. The maximum absolute atomic E-state index is 13.8. The molecule has 7 amide bonds. The van der Waals surface area contributed by atoms with E-state index in [0.717, 1.165) is 12.8 Å². The molecule has 7 N–H and O–H groups in total. The second-order valence-corrected chi connectivity index (χ2v) is 13.2. The van der Waals surface area contributed by atoms with Crippen molar-refractivity contribution in [1.82, 2.24) is 52.2 Å². The van der Waals surface area contributed by atoms with Crippen LogP contribution in [-0.4, -0.2) is 149 Å². The molecule has 0 aromatic rings. The van der Waals surface area contributed by atoms with Gasteiger partial charge in [-0.1, -0.05) is 12.8 Å². The molecule has 19 nitrogen and oxygen atoms in total. The minimum absolute atomic E-state index is 0.0924. The molecule has 0 aromatic carbocycles. The van der Waals surface area contributed by atoms with Crippen LogP contribution >= 0.6 is 0 Å². The van der Waals surface area contributed by atoms with Gasteiger partial charge in [0.1, 0.15) is 12.1 Å². The van der Waals surface area contributed by atoms with E-state index in [1.165, 1.54) is 19.0 Å². The number of amides is 7. The van der Waals surface area contributed by atoms with E-state index in [-0.39, 0.29) is 31.1 Å². The van der Waals surface area contributed by atoms with Crippen LogP contribution in [0.15, 0.2) is 0 Å².